The molecule has 1 aromatic carbocycles. The highest BCUT2D eigenvalue weighted by atomic mass is 35.5. The number of hydrogen-bond acceptors (Lipinski definition) is 2. The number of nitrogens with zero attached hydrogens (tertiary/aromatic N) is 1. The van der Waals surface area contributed by atoms with Gasteiger partial charge in [0.15, 0.2) is 0 Å². The van der Waals surface area contributed by atoms with Crippen molar-refractivity contribution in [3.63, 3.8) is 0 Å². The van der Waals surface area contributed by atoms with Gasteiger partial charge in [0.25, 0.3) is 0 Å². The van der Waals surface area contributed by atoms with Gasteiger partial charge in [-0.15, -0.1) is 0 Å². The average Bonchev–Trinajstić information content (AvgIpc) is 2.42. The van der Waals surface area contributed by atoms with E-state index in [4.69, 9.17) is 16.3 Å². The van der Waals surface area contributed by atoms with Crippen LogP contribution < -0.4 is 0 Å². The number of aliphatic imine (C=N–C) groups is 1. The Kier molecular flexibility index (Phi) is 2.47. The Hall–Kier alpha value is -1.02. The van der Waals surface area contributed by atoms with Crippen molar-refractivity contribution < 1.29 is 4.74 Å². The molecule has 1 atom stereocenters. The lowest BCUT2D eigenvalue weighted by Crippen LogP contribution is -2.31. The lowest BCUT2D eigenvalue weighted by Gasteiger charge is -2.21. The summed E-state index contributed by atoms with van der Waals surface area (Å²) in [4.78, 5) is 4.49. The molecular formula is C12H14ClNO. The molecule has 1 heterocycles. The number of benzene rings is 1. The molecule has 0 fully saturated rings. The summed E-state index contributed by atoms with van der Waals surface area (Å²) in [6, 6.07) is 7.73. The van der Waals surface area contributed by atoms with Gasteiger partial charge in [0.1, 0.15) is 5.60 Å². The molecule has 0 aliphatic carbocycles. The number of halogens is 1. The number of ether oxygens (including phenoxy) is 1. The van der Waals surface area contributed by atoms with Crippen molar-refractivity contribution in [2.24, 2.45) is 4.99 Å². The number of hydrogen-bond donors (Lipinski definition) is 0. The maximum absolute atomic E-state index is 5.82. The molecule has 0 spiro atoms. The quantitative estimate of drug-likeness (QED) is 0.716. The van der Waals surface area contributed by atoms with E-state index in [2.05, 4.69) is 11.9 Å². The molecule has 0 amide bonds. The van der Waals surface area contributed by atoms with E-state index in [1.165, 1.54) is 0 Å². The van der Waals surface area contributed by atoms with Crippen molar-refractivity contribution in [3.8, 4) is 0 Å². The molecule has 0 radical (unpaired) electrons. The summed E-state index contributed by atoms with van der Waals surface area (Å²) < 4.78 is 5.79. The van der Waals surface area contributed by atoms with E-state index in [1.807, 2.05) is 38.1 Å². The predicted molar refractivity (Wildman–Crippen MR) is 62.6 cm³/mol. The topological polar surface area (TPSA) is 21.6 Å². The van der Waals surface area contributed by atoms with Gasteiger partial charge in [-0.05, 0) is 45.0 Å². The second-order valence-corrected chi connectivity index (χ2v) is 4.76. The number of rotatable bonds is 1. The molecule has 2 rings (SSSR count). The summed E-state index contributed by atoms with van der Waals surface area (Å²) in [5, 5.41) is 0.727. The lowest BCUT2D eigenvalue weighted by molar-refractivity contribution is 0.103. The van der Waals surface area contributed by atoms with E-state index in [9.17, 15) is 0 Å². The molecule has 1 aliphatic heterocycles. The Morgan fingerprint density at radius 1 is 1.27 bits per heavy atom. The van der Waals surface area contributed by atoms with Crippen LogP contribution >= 0.6 is 11.6 Å². The molecule has 0 N–H and O–H groups in total. The normalized spacial score (nSPS) is 23.5. The Morgan fingerprint density at radius 2 is 1.87 bits per heavy atom. The van der Waals surface area contributed by atoms with Crippen molar-refractivity contribution in [1.29, 1.82) is 0 Å². The van der Waals surface area contributed by atoms with Crippen LogP contribution in [0.1, 0.15) is 26.3 Å². The molecule has 80 valence electrons. The third-order valence-corrected chi connectivity index (χ3v) is 3.02. The summed E-state index contributed by atoms with van der Waals surface area (Å²) in [5.74, 6) is 0.712. The molecule has 0 aromatic heterocycles. The molecular weight excluding hydrogens is 210 g/mol. The van der Waals surface area contributed by atoms with Crippen LogP contribution in [0.2, 0.25) is 5.02 Å². The monoisotopic (exact) mass is 223 g/mol. The van der Waals surface area contributed by atoms with Crippen LogP contribution in [0, 0.1) is 0 Å². The van der Waals surface area contributed by atoms with E-state index in [-0.39, 0.29) is 11.6 Å². The van der Waals surface area contributed by atoms with Gasteiger partial charge in [-0.2, -0.15) is 0 Å². The van der Waals surface area contributed by atoms with Crippen molar-refractivity contribution >= 4 is 17.5 Å². The third kappa shape index (κ3) is 2.00. The SMILES string of the molecule is CC1N=C(c2ccc(Cl)cc2)OC1(C)C. The first kappa shape index (κ1) is 10.5. The highest BCUT2D eigenvalue weighted by molar-refractivity contribution is 6.30. The predicted octanol–water partition coefficient (Wildman–Crippen LogP) is 3.28. The standard InChI is InChI=1S/C12H14ClNO/c1-8-12(2,3)15-11(14-8)9-4-6-10(13)7-5-9/h4-8H,1-3H3. The van der Waals surface area contributed by atoms with Crippen molar-refractivity contribution in [2.75, 3.05) is 0 Å². The van der Waals surface area contributed by atoms with E-state index in [0.29, 0.717) is 5.90 Å². The highest BCUT2D eigenvalue weighted by Crippen LogP contribution is 2.27. The molecule has 1 aromatic rings. The molecule has 1 unspecified atom stereocenters. The zero-order valence-corrected chi connectivity index (χ0v) is 9.88. The van der Waals surface area contributed by atoms with E-state index in [0.717, 1.165) is 10.6 Å². The van der Waals surface area contributed by atoms with Gasteiger partial charge in [0.2, 0.25) is 5.90 Å². The largest absolute Gasteiger partial charge is 0.469 e. The van der Waals surface area contributed by atoms with E-state index in [1.54, 1.807) is 0 Å². The van der Waals surface area contributed by atoms with Crippen LogP contribution in [0.5, 0.6) is 0 Å². The lowest BCUT2D eigenvalue weighted by atomic mass is 10.0. The second-order valence-electron chi connectivity index (χ2n) is 4.32. The first-order chi connectivity index (χ1) is 6.99. The van der Waals surface area contributed by atoms with Crippen molar-refractivity contribution in [3.05, 3.63) is 34.9 Å². The summed E-state index contributed by atoms with van der Waals surface area (Å²) in [6.45, 7) is 6.15. The maximum Gasteiger partial charge on any atom is 0.217 e. The van der Waals surface area contributed by atoms with E-state index >= 15 is 0 Å². The van der Waals surface area contributed by atoms with Gasteiger partial charge < -0.3 is 4.74 Å². The van der Waals surface area contributed by atoms with Crippen LogP contribution in [0.15, 0.2) is 29.3 Å². The fraction of sp³-hybridized carbons (Fsp3) is 0.417. The van der Waals surface area contributed by atoms with Crippen molar-refractivity contribution in [2.45, 2.75) is 32.4 Å². The van der Waals surface area contributed by atoms with Crippen LogP contribution in [0.3, 0.4) is 0 Å². The Morgan fingerprint density at radius 3 is 2.33 bits per heavy atom. The van der Waals surface area contributed by atoms with E-state index < -0.39 is 0 Å². The Bertz CT molecular complexity index is 395. The smallest absolute Gasteiger partial charge is 0.217 e. The summed E-state index contributed by atoms with van der Waals surface area (Å²) in [6.07, 6.45) is 0. The fourth-order valence-electron chi connectivity index (χ4n) is 1.42. The maximum atomic E-state index is 5.82. The minimum Gasteiger partial charge on any atom is -0.469 e. The molecule has 0 saturated heterocycles. The summed E-state index contributed by atoms with van der Waals surface area (Å²) >= 11 is 5.82. The Labute approximate surface area is 94.9 Å². The highest BCUT2D eigenvalue weighted by Gasteiger charge is 2.35. The fourth-order valence-corrected chi connectivity index (χ4v) is 1.54. The van der Waals surface area contributed by atoms with Gasteiger partial charge in [-0.1, -0.05) is 11.6 Å². The minimum absolute atomic E-state index is 0.183. The van der Waals surface area contributed by atoms with Crippen molar-refractivity contribution in [1.82, 2.24) is 0 Å². The van der Waals surface area contributed by atoms with Crippen LogP contribution in [-0.2, 0) is 4.74 Å². The molecule has 0 bridgehead atoms. The summed E-state index contributed by atoms with van der Waals surface area (Å²) in [5.41, 5.74) is 0.770. The van der Waals surface area contributed by atoms with Gasteiger partial charge in [-0.3, -0.25) is 0 Å². The van der Waals surface area contributed by atoms with Gasteiger partial charge >= 0.3 is 0 Å². The zero-order chi connectivity index (χ0) is 11.1. The first-order valence-electron chi connectivity index (χ1n) is 5.02. The Balaban J connectivity index is 2.27. The molecule has 1 aliphatic rings. The van der Waals surface area contributed by atoms with Crippen LogP contribution in [0.4, 0.5) is 0 Å². The first-order valence-corrected chi connectivity index (χ1v) is 5.39. The van der Waals surface area contributed by atoms with Gasteiger partial charge in [0.05, 0.1) is 6.04 Å². The van der Waals surface area contributed by atoms with Gasteiger partial charge in [-0.25, -0.2) is 4.99 Å². The van der Waals surface area contributed by atoms with Gasteiger partial charge in [0, 0.05) is 10.6 Å². The summed E-state index contributed by atoms with van der Waals surface area (Å²) in [7, 11) is 0. The molecule has 2 nitrogen and oxygen atoms in total. The van der Waals surface area contributed by atoms with Crippen LogP contribution in [0.25, 0.3) is 0 Å². The molecule has 0 saturated carbocycles. The molecule has 15 heavy (non-hydrogen) atoms. The minimum atomic E-state index is -0.213. The zero-order valence-electron chi connectivity index (χ0n) is 9.12. The second kappa shape index (κ2) is 3.53. The third-order valence-electron chi connectivity index (χ3n) is 2.77. The molecule has 3 heteroatoms. The van der Waals surface area contributed by atoms with Crippen LogP contribution in [-0.4, -0.2) is 17.5 Å². The average molecular weight is 224 g/mol.